The van der Waals surface area contributed by atoms with Gasteiger partial charge in [-0.25, -0.2) is 0 Å². The summed E-state index contributed by atoms with van der Waals surface area (Å²) >= 11 is 7.54. The predicted molar refractivity (Wildman–Crippen MR) is 69.7 cm³/mol. The lowest BCUT2D eigenvalue weighted by Crippen LogP contribution is -2.17. The Bertz CT molecular complexity index is 455. The van der Waals surface area contributed by atoms with E-state index in [0.717, 1.165) is 6.42 Å². The van der Waals surface area contributed by atoms with Gasteiger partial charge >= 0.3 is 6.01 Å². The molecule has 4 nitrogen and oxygen atoms in total. The fourth-order valence-electron chi connectivity index (χ4n) is 1.48. The molecule has 2 rings (SSSR count). The topological polar surface area (TPSA) is 51.0 Å². The molecule has 2 unspecified atom stereocenters. The van der Waals surface area contributed by atoms with Crippen molar-refractivity contribution in [1.29, 1.82) is 0 Å². The van der Waals surface area contributed by atoms with Crippen LogP contribution in [0.1, 0.15) is 30.7 Å². The van der Waals surface area contributed by atoms with Gasteiger partial charge in [0.05, 0.1) is 0 Å². The number of hydrogen-bond acceptors (Lipinski definition) is 5. The lowest BCUT2D eigenvalue weighted by Gasteiger charge is -2.10. The highest BCUT2D eigenvalue weighted by molar-refractivity contribution is 7.07. The van der Waals surface area contributed by atoms with Crippen molar-refractivity contribution in [3.63, 3.8) is 0 Å². The van der Waals surface area contributed by atoms with Crippen molar-refractivity contribution in [3.8, 4) is 0 Å². The van der Waals surface area contributed by atoms with E-state index < -0.39 is 0 Å². The Morgan fingerprint density at radius 3 is 2.88 bits per heavy atom. The molecule has 1 N–H and O–H groups in total. The molecule has 17 heavy (non-hydrogen) atoms. The Hall–Kier alpha value is -1.07. The second kappa shape index (κ2) is 5.51. The number of aromatic nitrogens is 2. The van der Waals surface area contributed by atoms with E-state index in [1.165, 1.54) is 5.56 Å². The zero-order valence-electron chi connectivity index (χ0n) is 9.68. The van der Waals surface area contributed by atoms with Crippen LogP contribution in [0.5, 0.6) is 0 Å². The van der Waals surface area contributed by atoms with Crippen molar-refractivity contribution < 1.29 is 4.42 Å². The molecule has 2 atom stereocenters. The van der Waals surface area contributed by atoms with Crippen LogP contribution in [0.15, 0.2) is 21.2 Å². The Morgan fingerprint density at radius 2 is 2.29 bits per heavy atom. The first-order valence-corrected chi connectivity index (χ1v) is 6.78. The van der Waals surface area contributed by atoms with Gasteiger partial charge < -0.3 is 9.73 Å². The van der Waals surface area contributed by atoms with Crippen molar-refractivity contribution in [1.82, 2.24) is 10.2 Å². The number of alkyl halides is 1. The van der Waals surface area contributed by atoms with Gasteiger partial charge in [-0.2, -0.15) is 11.3 Å². The lowest BCUT2D eigenvalue weighted by molar-refractivity contribution is 0.500. The molecule has 2 aromatic heterocycles. The molecule has 0 aliphatic carbocycles. The van der Waals surface area contributed by atoms with E-state index in [4.69, 9.17) is 16.0 Å². The van der Waals surface area contributed by atoms with Crippen LogP contribution in [-0.2, 0) is 6.42 Å². The number of nitrogens with one attached hydrogen (secondary N) is 1. The van der Waals surface area contributed by atoms with Gasteiger partial charge in [-0.3, -0.25) is 0 Å². The van der Waals surface area contributed by atoms with Crippen LogP contribution in [0, 0.1) is 0 Å². The van der Waals surface area contributed by atoms with Gasteiger partial charge in [0.1, 0.15) is 5.38 Å². The summed E-state index contributed by atoms with van der Waals surface area (Å²) < 4.78 is 5.37. The minimum absolute atomic E-state index is 0.239. The molecule has 0 saturated heterocycles. The van der Waals surface area contributed by atoms with E-state index in [0.29, 0.717) is 11.9 Å². The summed E-state index contributed by atoms with van der Waals surface area (Å²) in [7, 11) is 0. The molecule has 0 bridgehead atoms. The molecule has 0 spiro atoms. The molecule has 6 heteroatoms. The number of nitrogens with zero attached hydrogens (tertiary/aromatic N) is 2. The third kappa shape index (κ3) is 3.44. The summed E-state index contributed by atoms with van der Waals surface area (Å²) in [6, 6.07) is 2.78. The maximum atomic E-state index is 5.85. The minimum Gasteiger partial charge on any atom is -0.406 e. The second-order valence-corrected chi connectivity index (χ2v) is 5.38. The van der Waals surface area contributed by atoms with E-state index in [1.54, 1.807) is 18.3 Å². The van der Waals surface area contributed by atoms with Gasteiger partial charge in [-0.1, -0.05) is 5.10 Å². The number of rotatable bonds is 5. The molecule has 0 radical (unpaired) electrons. The van der Waals surface area contributed by atoms with Crippen LogP contribution in [-0.4, -0.2) is 16.2 Å². The summed E-state index contributed by atoms with van der Waals surface area (Å²) in [5.41, 5.74) is 1.31. The first kappa shape index (κ1) is 12.4. The predicted octanol–water partition coefficient (Wildman–Crippen LogP) is 3.47. The van der Waals surface area contributed by atoms with Crippen LogP contribution in [0.2, 0.25) is 0 Å². The van der Waals surface area contributed by atoms with E-state index in [1.807, 2.05) is 0 Å². The quantitative estimate of drug-likeness (QED) is 0.846. The Kier molecular flexibility index (Phi) is 4.02. The maximum absolute atomic E-state index is 5.85. The summed E-state index contributed by atoms with van der Waals surface area (Å²) in [6.07, 6.45) is 0.928. The fourth-order valence-corrected chi connectivity index (χ4v) is 2.25. The summed E-state index contributed by atoms with van der Waals surface area (Å²) in [4.78, 5) is 0. The van der Waals surface area contributed by atoms with Crippen LogP contribution < -0.4 is 5.32 Å². The smallest absolute Gasteiger partial charge is 0.315 e. The zero-order valence-corrected chi connectivity index (χ0v) is 11.3. The molecule has 2 heterocycles. The monoisotopic (exact) mass is 271 g/mol. The highest BCUT2D eigenvalue weighted by Crippen LogP contribution is 2.20. The Balaban J connectivity index is 1.91. The first-order chi connectivity index (χ1) is 8.15. The first-order valence-electron chi connectivity index (χ1n) is 5.40. The molecule has 0 saturated carbocycles. The normalized spacial score (nSPS) is 14.5. The van der Waals surface area contributed by atoms with Crippen molar-refractivity contribution in [2.24, 2.45) is 0 Å². The van der Waals surface area contributed by atoms with Gasteiger partial charge in [0.25, 0.3) is 0 Å². The molecule has 0 aliphatic heterocycles. The largest absolute Gasteiger partial charge is 0.406 e. The third-order valence-corrected chi connectivity index (χ3v) is 3.19. The van der Waals surface area contributed by atoms with Gasteiger partial charge in [-0.05, 0) is 42.7 Å². The van der Waals surface area contributed by atoms with Gasteiger partial charge in [0.15, 0.2) is 0 Å². The molecule has 0 aromatic carbocycles. The molecular weight excluding hydrogens is 258 g/mol. The Labute approximate surface area is 109 Å². The van der Waals surface area contributed by atoms with Crippen molar-refractivity contribution >= 4 is 29.0 Å². The molecule has 2 aromatic rings. The molecular formula is C11H14ClN3OS. The fraction of sp³-hybridized carbons (Fsp3) is 0.455. The highest BCUT2D eigenvalue weighted by Gasteiger charge is 2.13. The Morgan fingerprint density at radius 1 is 1.47 bits per heavy atom. The van der Waals surface area contributed by atoms with Crippen molar-refractivity contribution in [2.45, 2.75) is 31.7 Å². The summed E-state index contributed by atoms with van der Waals surface area (Å²) in [5.74, 6) is 0.442. The van der Waals surface area contributed by atoms with Gasteiger partial charge in [-0.15, -0.1) is 16.7 Å². The number of halogens is 1. The average molecular weight is 272 g/mol. The van der Waals surface area contributed by atoms with Gasteiger partial charge in [0.2, 0.25) is 5.89 Å². The van der Waals surface area contributed by atoms with Gasteiger partial charge in [0, 0.05) is 6.04 Å². The maximum Gasteiger partial charge on any atom is 0.315 e. The minimum atomic E-state index is -0.259. The number of anilines is 1. The SMILES string of the molecule is CC(Cc1ccsc1)Nc1nnc(C(C)Cl)o1. The van der Waals surface area contributed by atoms with Crippen LogP contribution in [0.4, 0.5) is 6.01 Å². The van der Waals surface area contributed by atoms with Crippen LogP contribution in [0.3, 0.4) is 0 Å². The summed E-state index contributed by atoms with van der Waals surface area (Å²) in [5, 5.41) is 14.9. The number of hydrogen-bond donors (Lipinski definition) is 1. The van der Waals surface area contributed by atoms with Crippen LogP contribution in [0.25, 0.3) is 0 Å². The van der Waals surface area contributed by atoms with Crippen molar-refractivity contribution in [2.75, 3.05) is 5.32 Å². The molecule has 0 amide bonds. The number of thiophene rings is 1. The highest BCUT2D eigenvalue weighted by atomic mass is 35.5. The van der Waals surface area contributed by atoms with E-state index in [2.05, 4.69) is 39.3 Å². The lowest BCUT2D eigenvalue weighted by atomic mass is 10.1. The van der Waals surface area contributed by atoms with E-state index in [-0.39, 0.29) is 11.4 Å². The third-order valence-electron chi connectivity index (χ3n) is 2.27. The molecule has 0 fully saturated rings. The van der Waals surface area contributed by atoms with E-state index >= 15 is 0 Å². The molecule has 92 valence electrons. The van der Waals surface area contributed by atoms with Crippen molar-refractivity contribution in [3.05, 3.63) is 28.3 Å². The zero-order chi connectivity index (χ0) is 12.3. The standard InChI is InChI=1S/C11H14ClN3OS/c1-7(5-9-3-4-17-6-9)13-11-15-14-10(16-11)8(2)12/h3-4,6-8H,5H2,1-2H3,(H,13,15). The second-order valence-electron chi connectivity index (χ2n) is 3.94. The van der Waals surface area contributed by atoms with E-state index in [9.17, 15) is 0 Å². The summed E-state index contributed by atoms with van der Waals surface area (Å²) in [6.45, 7) is 3.87. The molecule has 0 aliphatic rings. The average Bonchev–Trinajstić information content (AvgIpc) is 2.88. The van der Waals surface area contributed by atoms with Crippen LogP contribution >= 0.6 is 22.9 Å².